The highest BCUT2D eigenvalue weighted by molar-refractivity contribution is 7.11. The van der Waals surface area contributed by atoms with Crippen LogP contribution in [0.5, 0.6) is 0 Å². The number of nitrogens with zero attached hydrogens (tertiary/aromatic N) is 1. The van der Waals surface area contributed by atoms with E-state index in [1.807, 2.05) is 66.0 Å². The Hall–Kier alpha value is -2.26. The number of carbonyl (C=O) groups is 1. The summed E-state index contributed by atoms with van der Waals surface area (Å²) in [4.78, 5) is 16.9. The first-order chi connectivity index (χ1) is 9.86. The maximum Gasteiger partial charge on any atom is 0.203 e. The predicted octanol–water partition coefficient (Wildman–Crippen LogP) is 4.16. The van der Waals surface area contributed by atoms with Crippen LogP contribution in [0, 0.1) is 0 Å². The number of hydrogen-bond donors (Lipinski definition) is 0. The highest BCUT2D eigenvalue weighted by Gasteiger charge is 2.25. The molecule has 2 nitrogen and oxygen atoms in total. The van der Waals surface area contributed by atoms with Crippen molar-refractivity contribution in [2.24, 2.45) is 0 Å². The van der Waals surface area contributed by atoms with Gasteiger partial charge in [-0.2, -0.15) is 0 Å². The summed E-state index contributed by atoms with van der Waals surface area (Å²) in [5.74, 6) is -0.235. The molecular formula is C17H13NOS. The van der Waals surface area contributed by atoms with E-state index in [1.54, 1.807) is 6.20 Å². The first-order valence-electron chi connectivity index (χ1n) is 6.40. The minimum atomic E-state index is -0.288. The lowest BCUT2D eigenvalue weighted by Gasteiger charge is -2.15. The van der Waals surface area contributed by atoms with Gasteiger partial charge in [0.15, 0.2) is 5.01 Å². The summed E-state index contributed by atoms with van der Waals surface area (Å²) in [6, 6.07) is 19.7. The van der Waals surface area contributed by atoms with Gasteiger partial charge in [-0.1, -0.05) is 60.7 Å². The Morgan fingerprint density at radius 3 is 1.90 bits per heavy atom. The van der Waals surface area contributed by atoms with Gasteiger partial charge in [-0.25, -0.2) is 4.98 Å². The number of rotatable bonds is 4. The lowest BCUT2D eigenvalue weighted by molar-refractivity contribution is 0.0973. The molecule has 98 valence electrons. The third-order valence-corrected chi connectivity index (χ3v) is 3.96. The Balaban J connectivity index is 2.07. The minimum Gasteiger partial charge on any atom is -0.290 e. The number of hydrogen-bond acceptors (Lipinski definition) is 3. The third kappa shape index (κ3) is 2.53. The summed E-state index contributed by atoms with van der Waals surface area (Å²) in [7, 11) is 0. The number of aromatic nitrogens is 1. The molecule has 0 spiro atoms. The maximum absolute atomic E-state index is 12.8. The molecule has 0 atom stereocenters. The lowest BCUT2D eigenvalue weighted by atomic mass is 9.88. The molecule has 2 aromatic carbocycles. The standard InChI is InChI=1S/C17H13NOS/c19-16(17-18-11-12-20-17)15(13-7-3-1-4-8-13)14-9-5-2-6-10-14/h1-12,15H. The predicted molar refractivity (Wildman–Crippen MR) is 81.2 cm³/mol. The largest absolute Gasteiger partial charge is 0.290 e. The van der Waals surface area contributed by atoms with Crippen LogP contribution in [0.2, 0.25) is 0 Å². The second-order valence-corrected chi connectivity index (χ2v) is 5.35. The summed E-state index contributed by atoms with van der Waals surface area (Å²) >= 11 is 1.39. The number of carbonyl (C=O) groups excluding carboxylic acids is 1. The van der Waals surface area contributed by atoms with Gasteiger partial charge in [-0.05, 0) is 11.1 Å². The molecule has 3 rings (SSSR count). The van der Waals surface area contributed by atoms with Crippen LogP contribution < -0.4 is 0 Å². The van der Waals surface area contributed by atoms with Crippen LogP contribution in [-0.4, -0.2) is 10.8 Å². The Morgan fingerprint density at radius 1 is 0.900 bits per heavy atom. The lowest BCUT2D eigenvalue weighted by Crippen LogP contribution is -2.14. The average Bonchev–Trinajstić information content (AvgIpc) is 3.04. The van der Waals surface area contributed by atoms with Crippen molar-refractivity contribution >= 4 is 17.1 Å². The van der Waals surface area contributed by atoms with Gasteiger partial charge in [0.05, 0.1) is 5.92 Å². The second-order valence-electron chi connectivity index (χ2n) is 4.46. The summed E-state index contributed by atoms with van der Waals surface area (Å²) in [6.07, 6.45) is 1.67. The number of ketones is 1. The van der Waals surface area contributed by atoms with E-state index in [9.17, 15) is 4.79 Å². The van der Waals surface area contributed by atoms with Crippen molar-refractivity contribution in [3.8, 4) is 0 Å². The molecule has 0 fully saturated rings. The van der Waals surface area contributed by atoms with Gasteiger partial charge in [0.2, 0.25) is 5.78 Å². The van der Waals surface area contributed by atoms with E-state index in [-0.39, 0.29) is 11.7 Å². The summed E-state index contributed by atoms with van der Waals surface area (Å²) in [5, 5.41) is 2.39. The van der Waals surface area contributed by atoms with Crippen molar-refractivity contribution in [2.75, 3.05) is 0 Å². The van der Waals surface area contributed by atoms with E-state index in [0.717, 1.165) is 11.1 Å². The van der Waals surface area contributed by atoms with Gasteiger partial charge in [-0.3, -0.25) is 4.79 Å². The van der Waals surface area contributed by atoms with E-state index in [0.29, 0.717) is 5.01 Å². The van der Waals surface area contributed by atoms with Crippen LogP contribution in [0.1, 0.15) is 26.8 Å². The molecule has 1 aromatic heterocycles. The minimum absolute atomic E-state index is 0.0531. The fourth-order valence-corrected chi connectivity index (χ4v) is 2.86. The molecular weight excluding hydrogens is 266 g/mol. The first kappa shape index (κ1) is 12.8. The van der Waals surface area contributed by atoms with Gasteiger partial charge in [-0.15, -0.1) is 11.3 Å². The molecule has 0 amide bonds. The van der Waals surface area contributed by atoms with Gasteiger partial charge in [0, 0.05) is 11.6 Å². The summed E-state index contributed by atoms with van der Waals surface area (Å²) < 4.78 is 0. The molecule has 0 saturated heterocycles. The SMILES string of the molecule is O=C(c1nccs1)C(c1ccccc1)c1ccccc1. The molecule has 3 aromatic rings. The Morgan fingerprint density at radius 2 is 1.45 bits per heavy atom. The zero-order valence-electron chi connectivity index (χ0n) is 10.8. The van der Waals surface area contributed by atoms with Crippen molar-refractivity contribution in [2.45, 2.75) is 5.92 Å². The van der Waals surface area contributed by atoms with Gasteiger partial charge >= 0.3 is 0 Å². The zero-order chi connectivity index (χ0) is 13.8. The third-order valence-electron chi connectivity index (χ3n) is 3.17. The molecule has 0 saturated carbocycles. The molecule has 0 aliphatic heterocycles. The van der Waals surface area contributed by atoms with Crippen molar-refractivity contribution in [3.05, 3.63) is 88.4 Å². The van der Waals surface area contributed by atoms with Gasteiger partial charge in [0.25, 0.3) is 0 Å². The topological polar surface area (TPSA) is 30.0 Å². The van der Waals surface area contributed by atoms with E-state index in [4.69, 9.17) is 0 Å². The second kappa shape index (κ2) is 5.80. The molecule has 0 aliphatic rings. The van der Waals surface area contributed by atoms with Crippen LogP contribution in [0.15, 0.2) is 72.2 Å². The van der Waals surface area contributed by atoms with E-state index in [2.05, 4.69) is 4.98 Å². The molecule has 0 unspecified atom stereocenters. The Labute approximate surface area is 121 Å². The van der Waals surface area contributed by atoms with E-state index < -0.39 is 0 Å². The van der Waals surface area contributed by atoms with Crippen LogP contribution in [0.3, 0.4) is 0 Å². The zero-order valence-corrected chi connectivity index (χ0v) is 11.6. The van der Waals surface area contributed by atoms with Crippen LogP contribution >= 0.6 is 11.3 Å². The number of Topliss-reactive ketones (excluding diaryl/α,β-unsaturated/α-hetero) is 1. The van der Waals surface area contributed by atoms with Crippen LogP contribution in [0.25, 0.3) is 0 Å². The van der Waals surface area contributed by atoms with E-state index in [1.165, 1.54) is 11.3 Å². The van der Waals surface area contributed by atoms with Crippen molar-refractivity contribution in [3.63, 3.8) is 0 Å². The molecule has 3 heteroatoms. The quantitative estimate of drug-likeness (QED) is 0.671. The normalized spacial score (nSPS) is 10.7. The highest BCUT2D eigenvalue weighted by atomic mass is 32.1. The van der Waals surface area contributed by atoms with Gasteiger partial charge in [0.1, 0.15) is 0 Å². The molecule has 20 heavy (non-hydrogen) atoms. The fraction of sp³-hybridized carbons (Fsp3) is 0.0588. The molecule has 0 aliphatic carbocycles. The monoisotopic (exact) mass is 279 g/mol. The van der Waals surface area contributed by atoms with Crippen molar-refractivity contribution in [1.82, 2.24) is 4.98 Å². The first-order valence-corrected chi connectivity index (χ1v) is 7.28. The molecule has 0 N–H and O–H groups in total. The smallest absolute Gasteiger partial charge is 0.203 e. The Bertz CT molecular complexity index is 638. The van der Waals surface area contributed by atoms with Crippen molar-refractivity contribution < 1.29 is 4.79 Å². The number of thiazole rings is 1. The summed E-state index contributed by atoms with van der Waals surface area (Å²) in [6.45, 7) is 0. The van der Waals surface area contributed by atoms with Crippen LogP contribution in [-0.2, 0) is 0 Å². The maximum atomic E-state index is 12.8. The Kier molecular flexibility index (Phi) is 3.70. The summed E-state index contributed by atoms with van der Waals surface area (Å²) in [5.41, 5.74) is 2.00. The van der Waals surface area contributed by atoms with Gasteiger partial charge < -0.3 is 0 Å². The fourth-order valence-electron chi connectivity index (χ4n) is 2.25. The molecule has 0 bridgehead atoms. The molecule has 1 heterocycles. The number of benzene rings is 2. The van der Waals surface area contributed by atoms with Crippen LogP contribution in [0.4, 0.5) is 0 Å². The molecule has 0 radical (unpaired) electrons. The van der Waals surface area contributed by atoms with Crippen molar-refractivity contribution in [1.29, 1.82) is 0 Å². The van der Waals surface area contributed by atoms with E-state index >= 15 is 0 Å². The average molecular weight is 279 g/mol. The highest BCUT2D eigenvalue weighted by Crippen LogP contribution is 2.28.